The Balaban J connectivity index is 2.30. The van der Waals surface area contributed by atoms with Crippen molar-refractivity contribution in [3.63, 3.8) is 0 Å². The summed E-state index contributed by atoms with van der Waals surface area (Å²) in [6, 6.07) is 0.132. The number of aliphatic hydroxyl groups is 1. The molecule has 1 heterocycles. The summed E-state index contributed by atoms with van der Waals surface area (Å²) >= 11 is 1.86. The fraction of sp³-hybridized carbons (Fsp3) is 1.00. The van der Waals surface area contributed by atoms with E-state index < -0.39 is 0 Å². The van der Waals surface area contributed by atoms with Crippen molar-refractivity contribution in [3.05, 3.63) is 0 Å². The third-order valence-electron chi connectivity index (χ3n) is 2.82. The van der Waals surface area contributed by atoms with Gasteiger partial charge in [0.1, 0.15) is 0 Å². The second-order valence-electron chi connectivity index (χ2n) is 4.12. The highest BCUT2D eigenvalue weighted by Crippen LogP contribution is 2.28. The predicted octanol–water partition coefficient (Wildman–Crippen LogP) is 1.39. The lowest BCUT2D eigenvalue weighted by molar-refractivity contribution is 0.0997. The van der Waals surface area contributed by atoms with Gasteiger partial charge >= 0.3 is 0 Å². The highest BCUT2D eigenvalue weighted by molar-refractivity contribution is 8.00. The molecular formula is C11H23NO2S. The molecule has 1 saturated heterocycles. The first-order valence-corrected chi connectivity index (χ1v) is 6.81. The lowest BCUT2D eigenvalue weighted by atomic mass is 10.1. The van der Waals surface area contributed by atoms with Crippen LogP contribution in [0.4, 0.5) is 0 Å². The van der Waals surface area contributed by atoms with Gasteiger partial charge in [-0.3, -0.25) is 0 Å². The molecule has 2 unspecified atom stereocenters. The number of thioether (sulfide) groups is 1. The van der Waals surface area contributed by atoms with Gasteiger partial charge in [-0.1, -0.05) is 13.3 Å². The molecule has 0 spiro atoms. The second-order valence-corrected chi connectivity index (χ2v) is 5.67. The van der Waals surface area contributed by atoms with Gasteiger partial charge in [-0.2, -0.15) is 11.8 Å². The van der Waals surface area contributed by atoms with Crippen LogP contribution in [0.2, 0.25) is 0 Å². The lowest BCUT2D eigenvalue weighted by Crippen LogP contribution is -2.37. The molecule has 1 fully saturated rings. The summed E-state index contributed by atoms with van der Waals surface area (Å²) in [5.74, 6) is 0. The van der Waals surface area contributed by atoms with Gasteiger partial charge in [0, 0.05) is 29.8 Å². The molecule has 1 aliphatic rings. The van der Waals surface area contributed by atoms with Gasteiger partial charge in [-0.25, -0.2) is 0 Å². The average molecular weight is 233 g/mol. The minimum atomic E-state index is 0.132. The van der Waals surface area contributed by atoms with Crippen LogP contribution in [0.3, 0.4) is 0 Å². The van der Waals surface area contributed by atoms with Crippen molar-refractivity contribution >= 4 is 11.8 Å². The Morgan fingerprint density at radius 3 is 2.67 bits per heavy atom. The first-order valence-electron chi connectivity index (χ1n) is 5.87. The first-order chi connectivity index (χ1) is 7.27. The third-order valence-corrected chi connectivity index (χ3v) is 4.52. The smallest absolute Gasteiger partial charge is 0.0565 e. The van der Waals surface area contributed by atoms with Crippen LogP contribution >= 0.6 is 11.8 Å². The first kappa shape index (κ1) is 13.3. The fourth-order valence-corrected chi connectivity index (χ4v) is 3.24. The Morgan fingerprint density at radius 1 is 1.47 bits per heavy atom. The summed E-state index contributed by atoms with van der Waals surface area (Å²) in [6.07, 6.45) is 4.29. The number of ether oxygens (including phenoxy) is 1. The van der Waals surface area contributed by atoms with Gasteiger partial charge in [0.2, 0.25) is 0 Å². The number of hydrogen-bond donors (Lipinski definition) is 2. The molecule has 0 saturated carbocycles. The van der Waals surface area contributed by atoms with Crippen molar-refractivity contribution < 1.29 is 9.84 Å². The van der Waals surface area contributed by atoms with Gasteiger partial charge in [0.15, 0.2) is 0 Å². The van der Waals surface area contributed by atoms with E-state index in [1.807, 2.05) is 11.8 Å². The van der Waals surface area contributed by atoms with Crippen molar-refractivity contribution in [2.45, 2.75) is 49.1 Å². The average Bonchev–Trinajstić information content (AvgIpc) is 2.27. The molecule has 0 bridgehead atoms. The van der Waals surface area contributed by atoms with Gasteiger partial charge in [-0.15, -0.1) is 0 Å². The zero-order valence-electron chi connectivity index (χ0n) is 9.52. The highest BCUT2D eigenvalue weighted by Gasteiger charge is 2.23. The monoisotopic (exact) mass is 233 g/mol. The Bertz CT molecular complexity index is 163. The molecule has 3 N–H and O–H groups in total. The van der Waals surface area contributed by atoms with Gasteiger partial charge in [0.05, 0.1) is 6.61 Å². The molecule has 1 rings (SSSR count). The molecule has 90 valence electrons. The molecule has 0 aromatic rings. The molecule has 3 nitrogen and oxygen atoms in total. The Hall–Kier alpha value is 0.230. The maximum Gasteiger partial charge on any atom is 0.0565 e. The standard InChI is InChI=1S/C11H23NO2S/c1-2-3-10(12)11(8-13)15-9-4-6-14-7-5-9/h9-11,13H,2-8,12H2,1H3. The maximum absolute atomic E-state index is 9.32. The van der Waals surface area contributed by atoms with E-state index in [1.165, 1.54) is 0 Å². The van der Waals surface area contributed by atoms with Crippen molar-refractivity contribution in [2.75, 3.05) is 19.8 Å². The summed E-state index contributed by atoms with van der Waals surface area (Å²) in [7, 11) is 0. The molecule has 0 aromatic heterocycles. The SMILES string of the molecule is CCCC(N)C(CO)SC1CCOCC1. The summed E-state index contributed by atoms with van der Waals surface area (Å²) in [5, 5.41) is 10.1. The Morgan fingerprint density at radius 2 is 2.13 bits per heavy atom. The van der Waals surface area contributed by atoms with Crippen molar-refractivity contribution in [3.8, 4) is 0 Å². The third kappa shape index (κ3) is 4.72. The van der Waals surface area contributed by atoms with E-state index in [9.17, 15) is 5.11 Å². The van der Waals surface area contributed by atoms with Crippen LogP contribution in [0.25, 0.3) is 0 Å². The van der Waals surface area contributed by atoms with Gasteiger partial charge < -0.3 is 15.6 Å². The van der Waals surface area contributed by atoms with Crippen LogP contribution in [-0.2, 0) is 4.74 Å². The van der Waals surface area contributed by atoms with E-state index in [1.54, 1.807) is 0 Å². The van der Waals surface area contributed by atoms with Crippen LogP contribution in [0.15, 0.2) is 0 Å². The lowest BCUT2D eigenvalue weighted by Gasteiger charge is -2.28. The summed E-state index contributed by atoms with van der Waals surface area (Å²) in [4.78, 5) is 0. The highest BCUT2D eigenvalue weighted by atomic mass is 32.2. The van der Waals surface area contributed by atoms with Crippen LogP contribution in [0, 0.1) is 0 Å². The van der Waals surface area contributed by atoms with Crippen molar-refractivity contribution in [1.29, 1.82) is 0 Å². The van der Waals surface area contributed by atoms with E-state index in [0.29, 0.717) is 5.25 Å². The second kappa shape index (κ2) is 7.49. The van der Waals surface area contributed by atoms with Crippen molar-refractivity contribution in [1.82, 2.24) is 0 Å². The fourth-order valence-electron chi connectivity index (χ4n) is 1.86. The van der Waals surface area contributed by atoms with E-state index in [-0.39, 0.29) is 17.9 Å². The number of rotatable bonds is 6. The maximum atomic E-state index is 9.32. The van der Waals surface area contributed by atoms with E-state index in [2.05, 4.69) is 6.92 Å². The molecule has 15 heavy (non-hydrogen) atoms. The number of aliphatic hydroxyl groups excluding tert-OH is 1. The van der Waals surface area contributed by atoms with Crippen LogP contribution in [-0.4, -0.2) is 41.5 Å². The van der Waals surface area contributed by atoms with Crippen LogP contribution in [0.1, 0.15) is 32.6 Å². The largest absolute Gasteiger partial charge is 0.395 e. The topological polar surface area (TPSA) is 55.5 Å². The molecule has 0 amide bonds. The Kier molecular flexibility index (Phi) is 6.64. The molecular weight excluding hydrogens is 210 g/mol. The zero-order chi connectivity index (χ0) is 11.1. The summed E-state index contributed by atoms with van der Waals surface area (Å²) < 4.78 is 5.32. The van der Waals surface area contributed by atoms with E-state index in [0.717, 1.165) is 38.9 Å². The van der Waals surface area contributed by atoms with Crippen LogP contribution in [0.5, 0.6) is 0 Å². The molecule has 4 heteroatoms. The Labute approximate surface area is 96.8 Å². The van der Waals surface area contributed by atoms with E-state index >= 15 is 0 Å². The van der Waals surface area contributed by atoms with Gasteiger partial charge in [0.25, 0.3) is 0 Å². The molecule has 0 radical (unpaired) electrons. The van der Waals surface area contributed by atoms with Crippen LogP contribution < -0.4 is 5.73 Å². The normalized spacial score (nSPS) is 22.6. The van der Waals surface area contributed by atoms with E-state index in [4.69, 9.17) is 10.5 Å². The summed E-state index contributed by atoms with van der Waals surface area (Å²) in [6.45, 7) is 4.05. The summed E-state index contributed by atoms with van der Waals surface area (Å²) in [5.41, 5.74) is 6.04. The molecule has 0 aromatic carbocycles. The number of nitrogens with two attached hydrogens (primary N) is 1. The number of hydrogen-bond acceptors (Lipinski definition) is 4. The molecule has 0 aliphatic carbocycles. The zero-order valence-corrected chi connectivity index (χ0v) is 10.3. The minimum Gasteiger partial charge on any atom is -0.395 e. The predicted molar refractivity (Wildman–Crippen MR) is 65.2 cm³/mol. The van der Waals surface area contributed by atoms with Gasteiger partial charge in [-0.05, 0) is 19.3 Å². The minimum absolute atomic E-state index is 0.132. The van der Waals surface area contributed by atoms with Crippen molar-refractivity contribution in [2.24, 2.45) is 5.73 Å². The quantitative estimate of drug-likeness (QED) is 0.728. The molecule has 1 aliphatic heterocycles. The molecule has 2 atom stereocenters.